The van der Waals surface area contributed by atoms with E-state index in [-0.39, 0.29) is 18.6 Å². The molecule has 0 aromatic carbocycles. The van der Waals surface area contributed by atoms with Crippen LogP contribution in [0.3, 0.4) is 0 Å². The Kier molecular flexibility index (Phi) is 5.73. The van der Waals surface area contributed by atoms with Gasteiger partial charge < -0.3 is 10.6 Å². The zero-order chi connectivity index (χ0) is 12.9. The van der Waals surface area contributed by atoms with Crippen LogP contribution in [0.4, 0.5) is 13.2 Å². The Balaban J connectivity index is 2.43. The molecule has 0 aromatic rings. The summed E-state index contributed by atoms with van der Waals surface area (Å²) in [6.45, 7) is 0.0574. The van der Waals surface area contributed by atoms with Gasteiger partial charge in [-0.3, -0.25) is 0 Å². The molecule has 1 fully saturated rings. The summed E-state index contributed by atoms with van der Waals surface area (Å²) in [5.41, 5.74) is 6.07. The number of likely N-dealkylation sites (N-methyl/N-ethyl adjacent to an activating group) is 1. The maximum atomic E-state index is 12.2. The molecule has 0 saturated heterocycles. The van der Waals surface area contributed by atoms with Crippen molar-refractivity contribution in [1.82, 2.24) is 4.90 Å². The molecule has 0 bridgehead atoms. The van der Waals surface area contributed by atoms with Crippen LogP contribution in [0.5, 0.6) is 0 Å². The first-order chi connectivity index (χ1) is 7.90. The van der Waals surface area contributed by atoms with E-state index in [0.29, 0.717) is 0 Å². The lowest BCUT2D eigenvalue weighted by Crippen LogP contribution is -2.47. The van der Waals surface area contributed by atoms with Crippen LogP contribution in [0, 0.1) is 0 Å². The average molecular weight is 252 g/mol. The Hall–Kier alpha value is -0.290. The Bertz CT molecular complexity index is 218. The van der Waals surface area contributed by atoms with E-state index in [9.17, 15) is 13.2 Å². The van der Waals surface area contributed by atoms with Crippen LogP contribution in [-0.2, 0) is 0 Å². The summed E-state index contributed by atoms with van der Waals surface area (Å²) in [7, 11) is 1.76. The van der Waals surface area contributed by atoms with Crippen molar-refractivity contribution in [3.8, 4) is 0 Å². The summed E-state index contributed by atoms with van der Waals surface area (Å²) < 4.78 is 36.5. The minimum Gasteiger partial charge on any atom is -0.326 e. The molecule has 2 atom stereocenters. The van der Waals surface area contributed by atoms with Gasteiger partial charge in [0.05, 0.1) is 6.42 Å². The summed E-state index contributed by atoms with van der Waals surface area (Å²) in [5, 5.41) is 0. The number of hydrogen-bond acceptors (Lipinski definition) is 2. The number of rotatable bonds is 3. The van der Waals surface area contributed by atoms with Crippen molar-refractivity contribution in [2.45, 2.75) is 63.2 Å². The topological polar surface area (TPSA) is 29.3 Å². The average Bonchev–Trinajstić information content (AvgIpc) is 2.20. The van der Waals surface area contributed by atoms with E-state index in [2.05, 4.69) is 0 Å². The number of nitrogens with zero attached hydrogens (tertiary/aromatic N) is 1. The van der Waals surface area contributed by atoms with Crippen LogP contribution in [0.2, 0.25) is 0 Å². The van der Waals surface area contributed by atoms with Crippen molar-refractivity contribution >= 4 is 0 Å². The van der Waals surface area contributed by atoms with E-state index >= 15 is 0 Å². The summed E-state index contributed by atoms with van der Waals surface area (Å²) in [5.74, 6) is 0. The van der Waals surface area contributed by atoms with Crippen molar-refractivity contribution in [1.29, 1.82) is 0 Å². The molecular formula is C12H23F3N2. The third-order valence-electron chi connectivity index (χ3n) is 3.60. The smallest absolute Gasteiger partial charge is 0.326 e. The van der Waals surface area contributed by atoms with Gasteiger partial charge in [0.15, 0.2) is 0 Å². The fourth-order valence-electron chi connectivity index (χ4n) is 2.51. The highest BCUT2D eigenvalue weighted by atomic mass is 19.4. The van der Waals surface area contributed by atoms with Gasteiger partial charge in [-0.15, -0.1) is 0 Å². The molecule has 1 aliphatic rings. The Morgan fingerprint density at radius 2 is 1.71 bits per heavy atom. The predicted molar refractivity (Wildman–Crippen MR) is 62.8 cm³/mol. The van der Waals surface area contributed by atoms with Crippen molar-refractivity contribution in [3.05, 3.63) is 0 Å². The van der Waals surface area contributed by atoms with E-state index < -0.39 is 12.6 Å². The van der Waals surface area contributed by atoms with Crippen LogP contribution < -0.4 is 5.73 Å². The maximum absolute atomic E-state index is 12.2. The van der Waals surface area contributed by atoms with Crippen molar-refractivity contribution in [3.63, 3.8) is 0 Å². The highest BCUT2D eigenvalue weighted by Gasteiger charge is 2.30. The number of hydrogen-bond donors (Lipinski definition) is 1. The monoisotopic (exact) mass is 252 g/mol. The summed E-state index contributed by atoms with van der Waals surface area (Å²) in [6, 6.07) is 0.131. The summed E-state index contributed by atoms with van der Waals surface area (Å²) in [6.07, 6.45) is 1.60. The maximum Gasteiger partial charge on any atom is 0.390 e. The molecule has 2 nitrogen and oxygen atoms in total. The number of nitrogens with two attached hydrogens (primary N) is 1. The van der Waals surface area contributed by atoms with Gasteiger partial charge in [0, 0.05) is 18.6 Å². The predicted octanol–water partition coefficient (Wildman–Crippen LogP) is 2.92. The van der Waals surface area contributed by atoms with Crippen LogP contribution >= 0.6 is 0 Å². The van der Waals surface area contributed by atoms with E-state index in [0.717, 1.165) is 25.7 Å². The van der Waals surface area contributed by atoms with Gasteiger partial charge in [-0.2, -0.15) is 13.2 Å². The molecule has 2 N–H and O–H groups in total. The zero-order valence-electron chi connectivity index (χ0n) is 10.5. The van der Waals surface area contributed by atoms with Gasteiger partial charge in [0.2, 0.25) is 0 Å². The normalized spacial score (nSPS) is 27.9. The van der Waals surface area contributed by atoms with Crippen LogP contribution in [0.1, 0.15) is 44.9 Å². The van der Waals surface area contributed by atoms with Crippen LogP contribution in [-0.4, -0.2) is 36.8 Å². The molecule has 17 heavy (non-hydrogen) atoms. The van der Waals surface area contributed by atoms with E-state index in [1.165, 1.54) is 12.8 Å². The Morgan fingerprint density at radius 1 is 1.12 bits per heavy atom. The first-order valence-electron chi connectivity index (χ1n) is 6.43. The molecule has 0 radical (unpaired) electrons. The van der Waals surface area contributed by atoms with Crippen LogP contribution in [0.15, 0.2) is 0 Å². The molecule has 0 aromatic heterocycles. The molecule has 1 rings (SSSR count). The second kappa shape index (κ2) is 6.59. The summed E-state index contributed by atoms with van der Waals surface area (Å²) in [4.78, 5) is 1.80. The molecule has 0 heterocycles. The molecule has 0 spiro atoms. The number of alkyl halides is 3. The highest BCUT2D eigenvalue weighted by Crippen LogP contribution is 2.23. The van der Waals surface area contributed by atoms with Crippen molar-refractivity contribution in [2.75, 3.05) is 13.6 Å². The largest absolute Gasteiger partial charge is 0.390 e. The van der Waals surface area contributed by atoms with E-state index in [1.807, 2.05) is 0 Å². The van der Waals surface area contributed by atoms with Crippen molar-refractivity contribution < 1.29 is 13.2 Å². The van der Waals surface area contributed by atoms with Gasteiger partial charge in [-0.1, -0.05) is 25.7 Å². The zero-order valence-corrected chi connectivity index (χ0v) is 10.5. The third-order valence-corrected chi connectivity index (χ3v) is 3.60. The molecule has 102 valence electrons. The lowest BCUT2D eigenvalue weighted by Gasteiger charge is -2.34. The van der Waals surface area contributed by atoms with E-state index in [4.69, 9.17) is 5.73 Å². The van der Waals surface area contributed by atoms with Gasteiger partial charge in [0.25, 0.3) is 0 Å². The second-order valence-electron chi connectivity index (χ2n) is 5.07. The lowest BCUT2D eigenvalue weighted by molar-refractivity contribution is -0.138. The van der Waals surface area contributed by atoms with Gasteiger partial charge in [-0.05, 0) is 19.9 Å². The van der Waals surface area contributed by atoms with Gasteiger partial charge in [0.1, 0.15) is 0 Å². The highest BCUT2D eigenvalue weighted by molar-refractivity contribution is 4.82. The fourth-order valence-corrected chi connectivity index (χ4v) is 2.51. The Labute approximate surface area is 101 Å². The third kappa shape index (κ3) is 5.73. The molecule has 1 saturated carbocycles. The minimum absolute atomic E-state index is 0.0218. The minimum atomic E-state index is -4.07. The van der Waals surface area contributed by atoms with Gasteiger partial charge in [-0.25, -0.2) is 0 Å². The molecule has 0 amide bonds. The lowest BCUT2D eigenvalue weighted by atomic mass is 9.92. The SMILES string of the molecule is CN(CCC(F)(F)F)C1CCCCCCC1N. The Morgan fingerprint density at radius 3 is 2.29 bits per heavy atom. The molecule has 5 heteroatoms. The molecule has 1 aliphatic carbocycles. The first-order valence-corrected chi connectivity index (χ1v) is 6.43. The second-order valence-corrected chi connectivity index (χ2v) is 5.07. The van der Waals surface area contributed by atoms with Crippen LogP contribution in [0.25, 0.3) is 0 Å². The fraction of sp³-hybridized carbons (Fsp3) is 1.00. The first kappa shape index (κ1) is 14.8. The van der Waals surface area contributed by atoms with E-state index in [1.54, 1.807) is 11.9 Å². The summed E-state index contributed by atoms with van der Waals surface area (Å²) >= 11 is 0. The molecule has 0 aliphatic heterocycles. The quantitative estimate of drug-likeness (QED) is 0.836. The molecule has 2 unspecified atom stereocenters. The number of halogens is 3. The van der Waals surface area contributed by atoms with Gasteiger partial charge >= 0.3 is 6.18 Å². The standard InChI is InChI=1S/C12H23F3N2/c1-17(9-8-12(13,14)15)11-7-5-3-2-4-6-10(11)16/h10-11H,2-9,16H2,1H3. The van der Waals surface area contributed by atoms with Crippen molar-refractivity contribution in [2.24, 2.45) is 5.73 Å². The molecular weight excluding hydrogens is 229 g/mol.